The number of rotatable bonds is 11. The third kappa shape index (κ3) is 7.51. The molecule has 9 heteroatoms. The maximum Gasteiger partial charge on any atom is 0.289 e. The molecule has 0 bridgehead atoms. The van der Waals surface area contributed by atoms with E-state index in [1.54, 1.807) is 54.7 Å². The molecule has 7 nitrogen and oxygen atoms in total. The number of hydrogen-bond donors (Lipinski definition) is 2. The molecule has 3 rings (SSSR count). The lowest BCUT2D eigenvalue weighted by atomic mass is 10.0. The van der Waals surface area contributed by atoms with E-state index in [9.17, 15) is 23.2 Å². The van der Waals surface area contributed by atoms with Crippen LogP contribution in [0.3, 0.4) is 0 Å². The van der Waals surface area contributed by atoms with Gasteiger partial charge in [-0.15, -0.1) is 0 Å². The summed E-state index contributed by atoms with van der Waals surface area (Å²) in [4.78, 5) is 42.2. The van der Waals surface area contributed by atoms with Crippen molar-refractivity contribution < 1.29 is 27.9 Å². The molecule has 2 aromatic carbocycles. The Balaban J connectivity index is 1.65. The van der Waals surface area contributed by atoms with Crippen LogP contribution in [0.4, 0.5) is 8.78 Å². The minimum Gasteiger partial charge on any atom is -0.364 e. The molecular formula is C26H25F2N3O4. The van der Waals surface area contributed by atoms with Crippen molar-refractivity contribution >= 4 is 17.6 Å². The van der Waals surface area contributed by atoms with E-state index in [0.29, 0.717) is 5.69 Å². The molecule has 1 heterocycles. The van der Waals surface area contributed by atoms with E-state index in [1.165, 1.54) is 13.0 Å². The summed E-state index contributed by atoms with van der Waals surface area (Å²) in [7, 11) is 0. The highest BCUT2D eigenvalue weighted by Crippen LogP contribution is 2.14. The standard InChI is InChI=1S/C26H25F2N3O4/c1-17(35-16-20-21(27)11-7-12-22(20)28)25(33)31-23(14-18-8-3-2-4-9-18)24(32)26(34)30-15-19-10-5-6-13-29-19/h2-13,17,23H,14-16H2,1H3,(H,30,34)(H,31,33)/t17-,23-/m1/s1. The Bertz CT molecular complexity index is 1140. The predicted octanol–water partition coefficient (Wildman–Crippen LogP) is 2.88. The van der Waals surface area contributed by atoms with Crippen molar-refractivity contribution in [2.45, 2.75) is 38.6 Å². The number of carbonyl (C=O) groups is 3. The molecule has 2 atom stereocenters. The van der Waals surface area contributed by atoms with Crippen molar-refractivity contribution in [3.63, 3.8) is 0 Å². The summed E-state index contributed by atoms with van der Waals surface area (Å²) in [5.74, 6) is -4.00. The Morgan fingerprint density at radius 2 is 1.63 bits per heavy atom. The van der Waals surface area contributed by atoms with Crippen molar-refractivity contribution in [2.24, 2.45) is 0 Å². The maximum atomic E-state index is 13.8. The number of hydrogen-bond acceptors (Lipinski definition) is 5. The fourth-order valence-corrected chi connectivity index (χ4v) is 3.22. The number of pyridine rings is 1. The first-order valence-corrected chi connectivity index (χ1v) is 11.0. The van der Waals surface area contributed by atoms with E-state index < -0.39 is 48.0 Å². The number of ketones is 1. The van der Waals surface area contributed by atoms with E-state index in [-0.39, 0.29) is 18.5 Å². The van der Waals surface area contributed by atoms with Gasteiger partial charge in [0.25, 0.3) is 5.91 Å². The number of nitrogens with one attached hydrogen (secondary N) is 2. The topological polar surface area (TPSA) is 97.4 Å². The molecular weight excluding hydrogens is 456 g/mol. The van der Waals surface area contributed by atoms with Gasteiger partial charge in [0.1, 0.15) is 23.8 Å². The van der Waals surface area contributed by atoms with Gasteiger partial charge in [-0.05, 0) is 36.8 Å². The molecule has 35 heavy (non-hydrogen) atoms. The van der Waals surface area contributed by atoms with Crippen LogP contribution < -0.4 is 10.6 Å². The highest BCUT2D eigenvalue weighted by atomic mass is 19.1. The highest BCUT2D eigenvalue weighted by Gasteiger charge is 2.29. The van der Waals surface area contributed by atoms with Gasteiger partial charge in [0.15, 0.2) is 0 Å². The molecule has 0 aliphatic rings. The molecule has 0 spiro atoms. The third-order valence-corrected chi connectivity index (χ3v) is 5.20. The molecule has 0 saturated heterocycles. The van der Waals surface area contributed by atoms with Gasteiger partial charge in [-0.3, -0.25) is 19.4 Å². The molecule has 0 saturated carbocycles. The van der Waals surface area contributed by atoms with Crippen molar-refractivity contribution in [1.82, 2.24) is 15.6 Å². The fraction of sp³-hybridized carbons (Fsp3) is 0.231. The molecule has 0 unspecified atom stereocenters. The second-order valence-corrected chi connectivity index (χ2v) is 7.77. The first-order chi connectivity index (χ1) is 16.8. The zero-order valence-electron chi connectivity index (χ0n) is 19.0. The lowest BCUT2D eigenvalue weighted by molar-refractivity contribution is -0.141. The first kappa shape index (κ1) is 25.6. The normalized spacial score (nSPS) is 12.4. The number of carbonyl (C=O) groups excluding carboxylic acids is 3. The van der Waals surface area contributed by atoms with E-state index >= 15 is 0 Å². The number of halogens is 2. The molecule has 182 valence electrons. The smallest absolute Gasteiger partial charge is 0.289 e. The van der Waals surface area contributed by atoms with Crippen molar-refractivity contribution in [2.75, 3.05) is 0 Å². The molecule has 0 aliphatic carbocycles. The van der Waals surface area contributed by atoms with E-state index in [2.05, 4.69) is 15.6 Å². The summed E-state index contributed by atoms with van der Waals surface area (Å²) in [5, 5.41) is 5.04. The van der Waals surface area contributed by atoms with Gasteiger partial charge in [0, 0.05) is 18.2 Å². The number of aromatic nitrogens is 1. The van der Waals surface area contributed by atoms with Crippen LogP contribution in [0.1, 0.15) is 23.7 Å². The van der Waals surface area contributed by atoms with Gasteiger partial charge in [-0.1, -0.05) is 42.5 Å². The van der Waals surface area contributed by atoms with Crippen molar-refractivity contribution in [3.05, 3.63) is 101 Å². The number of benzene rings is 2. The van der Waals surface area contributed by atoms with Gasteiger partial charge in [-0.25, -0.2) is 8.78 Å². The third-order valence-electron chi connectivity index (χ3n) is 5.20. The van der Waals surface area contributed by atoms with Crippen LogP contribution in [0.25, 0.3) is 0 Å². The van der Waals surface area contributed by atoms with Gasteiger partial charge in [0.05, 0.1) is 18.8 Å². The largest absolute Gasteiger partial charge is 0.364 e. The Hall–Kier alpha value is -3.98. The second-order valence-electron chi connectivity index (χ2n) is 7.77. The van der Waals surface area contributed by atoms with Crippen LogP contribution in [-0.4, -0.2) is 34.7 Å². The summed E-state index contributed by atoms with van der Waals surface area (Å²) >= 11 is 0. The number of nitrogens with zero attached hydrogens (tertiary/aromatic N) is 1. The Labute approximate surface area is 201 Å². The van der Waals surface area contributed by atoms with Crippen LogP contribution >= 0.6 is 0 Å². The van der Waals surface area contributed by atoms with Crippen LogP contribution in [0.2, 0.25) is 0 Å². The van der Waals surface area contributed by atoms with Gasteiger partial charge >= 0.3 is 0 Å². The van der Waals surface area contributed by atoms with Gasteiger partial charge < -0.3 is 15.4 Å². The first-order valence-electron chi connectivity index (χ1n) is 11.0. The average molecular weight is 481 g/mol. The highest BCUT2D eigenvalue weighted by molar-refractivity contribution is 6.38. The maximum absolute atomic E-state index is 13.8. The van der Waals surface area contributed by atoms with Crippen LogP contribution in [-0.2, 0) is 38.7 Å². The summed E-state index contributed by atoms with van der Waals surface area (Å²) in [6.45, 7) is 0.958. The fourth-order valence-electron chi connectivity index (χ4n) is 3.22. The zero-order valence-corrected chi connectivity index (χ0v) is 19.0. The van der Waals surface area contributed by atoms with E-state index in [0.717, 1.165) is 17.7 Å². The summed E-state index contributed by atoms with van der Waals surface area (Å²) in [6, 6.07) is 16.3. The van der Waals surface area contributed by atoms with Crippen LogP contribution in [0.15, 0.2) is 72.9 Å². The second kappa shape index (κ2) is 12.5. The lowest BCUT2D eigenvalue weighted by Crippen LogP contribution is -2.51. The van der Waals surface area contributed by atoms with E-state index in [1.807, 2.05) is 0 Å². The summed E-state index contributed by atoms with van der Waals surface area (Å²) < 4.78 is 33.0. The van der Waals surface area contributed by atoms with Gasteiger partial charge in [-0.2, -0.15) is 0 Å². The molecule has 1 aromatic heterocycles. The van der Waals surface area contributed by atoms with Crippen molar-refractivity contribution in [3.8, 4) is 0 Å². The minimum atomic E-state index is -1.18. The van der Waals surface area contributed by atoms with E-state index in [4.69, 9.17) is 4.74 Å². The predicted molar refractivity (Wildman–Crippen MR) is 124 cm³/mol. The molecule has 0 fully saturated rings. The average Bonchev–Trinajstić information content (AvgIpc) is 2.87. The Morgan fingerprint density at radius 3 is 2.29 bits per heavy atom. The zero-order chi connectivity index (χ0) is 25.2. The Kier molecular flexibility index (Phi) is 9.14. The SMILES string of the molecule is C[C@@H](OCc1c(F)cccc1F)C(=O)N[C@H](Cc1ccccc1)C(=O)C(=O)NCc1ccccn1. The monoisotopic (exact) mass is 481 g/mol. The minimum absolute atomic E-state index is 0.0468. The van der Waals surface area contributed by atoms with Crippen LogP contribution in [0.5, 0.6) is 0 Å². The molecule has 0 aliphatic heterocycles. The summed E-state index contributed by atoms with van der Waals surface area (Å²) in [6.07, 6.45) is 0.490. The van der Waals surface area contributed by atoms with Gasteiger partial charge in [0.2, 0.25) is 11.7 Å². The molecule has 2 amide bonds. The lowest BCUT2D eigenvalue weighted by Gasteiger charge is -2.20. The van der Waals surface area contributed by atoms with Crippen LogP contribution in [0, 0.1) is 11.6 Å². The molecule has 3 aromatic rings. The Morgan fingerprint density at radius 1 is 0.943 bits per heavy atom. The number of ether oxygens (including phenoxy) is 1. The summed E-state index contributed by atoms with van der Waals surface area (Å²) in [5.41, 5.74) is 0.989. The quantitative estimate of drug-likeness (QED) is 0.411. The molecule has 2 N–H and O–H groups in total. The molecule has 0 radical (unpaired) electrons. The number of Topliss-reactive ketones (excluding diaryl/α,β-unsaturated/α-hetero) is 1. The number of amides is 2. The van der Waals surface area contributed by atoms with Crippen molar-refractivity contribution in [1.29, 1.82) is 0 Å².